The first-order valence-electron chi connectivity index (χ1n) is 2.22. The second-order valence-corrected chi connectivity index (χ2v) is 2.55. The van der Waals surface area contributed by atoms with Gasteiger partial charge in [0.1, 0.15) is 6.72 Å². The van der Waals surface area contributed by atoms with E-state index in [1.807, 2.05) is 20.8 Å². The van der Waals surface area contributed by atoms with Crippen molar-refractivity contribution < 1.29 is 4.74 Å². The van der Waals surface area contributed by atoms with Crippen LogP contribution < -0.4 is 0 Å². The van der Waals surface area contributed by atoms with Crippen molar-refractivity contribution in [1.82, 2.24) is 0 Å². The first kappa shape index (κ1) is 16.8. The molecule has 0 saturated carbocycles. The molecule has 44 valence electrons. The van der Waals surface area contributed by atoms with E-state index >= 15 is 0 Å². The zero-order valence-electron chi connectivity index (χ0n) is 7.06. The third kappa shape index (κ3) is 9.47. The van der Waals surface area contributed by atoms with Crippen LogP contribution in [0.2, 0.25) is 0 Å². The third-order valence-corrected chi connectivity index (χ3v) is 0.748. The van der Waals surface area contributed by atoms with Gasteiger partial charge >= 0.3 is 0 Å². The Kier molecular flexibility index (Phi) is 11.6. The van der Waals surface area contributed by atoms with Gasteiger partial charge in [-0.25, -0.2) is 4.74 Å². The molecule has 0 aliphatic carbocycles. The molecule has 0 saturated heterocycles. The molecule has 0 aliphatic heterocycles. The minimum Gasteiger partial charge on any atom is -0.624 e. The van der Waals surface area contributed by atoms with E-state index in [0.29, 0.717) is 4.74 Å². The van der Waals surface area contributed by atoms with Crippen LogP contribution in [0.3, 0.4) is 0 Å². The van der Waals surface area contributed by atoms with E-state index in [-0.39, 0.29) is 64.7 Å². The van der Waals surface area contributed by atoms with Gasteiger partial charge < -0.3 is 5.21 Å². The fraction of sp³-hybridized carbons (Fsp3) is 0.800. The maximum atomic E-state index is 10.3. The summed E-state index contributed by atoms with van der Waals surface area (Å²) in [5.41, 5.74) is -0.333. The standard InChI is InChI=1S/C5H11NO.2Na/c1-5(2,3)6(4)7;;/h4H2,1-3H3;;. The maximum Gasteiger partial charge on any atom is 0.164 e. The molecule has 0 fully saturated rings. The minimum atomic E-state index is -0.333. The molecule has 0 rings (SSSR count). The van der Waals surface area contributed by atoms with Crippen LogP contribution in [-0.2, 0) is 0 Å². The summed E-state index contributed by atoms with van der Waals surface area (Å²) in [7, 11) is 0. The van der Waals surface area contributed by atoms with Gasteiger partial charge in [0.05, 0.1) is 0 Å². The van der Waals surface area contributed by atoms with Crippen molar-refractivity contribution in [3.05, 3.63) is 5.21 Å². The predicted octanol–water partition coefficient (Wildman–Crippen LogP) is 0.234. The number of hydroxylamine groups is 1. The summed E-state index contributed by atoms with van der Waals surface area (Å²) in [6, 6.07) is 0. The second kappa shape index (κ2) is 6.20. The molecule has 0 amide bonds. The molecule has 0 N–H and O–H groups in total. The summed E-state index contributed by atoms with van der Waals surface area (Å²) in [6.07, 6.45) is 0. The van der Waals surface area contributed by atoms with Crippen LogP contribution in [0.5, 0.6) is 0 Å². The summed E-state index contributed by atoms with van der Waals surface area (Å²) in [5, 5.41) is 10.3. The molecule has 0 heterocycles. The average Bonchev–Trinajstić information content (AvgIpc) is 1.31. The van der Waals surface area contributed by atoms with E-state index in [2.05, 4.69) is 6.72 Å². The predicted molar refractivity (Wildman–Crippen MR) is 42.0 cm³/mol. The Hall–Kier alpha value is 1.47. The van der Waals surface area contributed by atoms with E-state index < -0.39 is 0 Å². The van der Waals surface area contributed by atoms with Crippen molar-refractivity contribution in [1.29, 1.82) is 0 Å². The van der Waals surface area contributed by atoms with Gasteiger partial charge in [-0.15, -0.1) is 0 Å². The first-order chi connectivity index (χ1) is 2.94. The van der Waals surface area contributed by atoms with Crippen molar-refractivity contribution in [2.75, 3.05) is 0 Å². The Morgan fingerprint density at radius 2 is 1.33 bits per heavy atom. The Bertz CT molecular complexity index is 87.4. The number of hydrogen-bond donors (Lipinski definition) is 0. The van der Waals surface area contributed by atoms with Crippen LogP contribution in [0.15, 0.2) is 0 Å². The topological polar surface area (TPSA) is 26.1 Å². The van der Waals surface area contributed by atoms with Crippen LogP contribution in [0.4, 0.5) is 0 Å². The Labute approximate surface area is 101 Å². The molecule has 0 unspecified atom stereocenters. The van der Waals surface area contributed by atoms with Gasteiger partial charge in [-0.1, -0.05) is 0 Å². The zero-order valence-corrected chi connectivity index (χ0v) is 11.1. The molecule has 0 bridgehead atoms. The fourth-order valence-corrected chi connectivity index (χ4v) is 0. The van der Waals surface area contributed by atoms with Gasteiger partial charge in [-0.3, -0.25) is 0 Å². The maximum absolute atomic E-state index is 10.3. The molecule has 9 heavy (non-hydrogen) atoms. The molecule has 0 aromatic carbocycles. The molecule has 4 heteroatoms. The van der Waals surface area contributed by atoms with E-state index in [1.54, 1.807) is 0 Å². The molecule has 0 aromatic heterocycles. The van der Waals surface area contributed by atoms with E-state index in [1.165, 1.54) is 0 Å². The molecule has 2 radical (unpaired) electrons. The first-order valence-corrected chi connectivity index (χ1v) is 2.22. The number of rotatable bonds is 0. The summed E-state index contributed by atoms with van der Waals surface area (Å²) in [4.78, 5) is 0. The van der Waals surface area contributed by atoms with Gasteiger partial charge in [0.25, 0.3) is 0 Å². The van der Waals surface area contributed by atoms with E-state index in [4.69, 9.17) is 0 Å². The zero-order chi connectivity index (χ0) is 6.08. The van der Waals surface area contributed by atoms with Gasteiger partial charge in [0.2, 0.25) is 0 Å². The largest absolute Gasteiger partial charge is 0.624 e. The van der Waals surface area contributed by atoms with Gasteiger partial charge in [0.15, 0.2) is 5.54 Å². The molecule has 0 aliphatic rings. The third-order valence-electron chi connectivity index (χ3n) is 0.748. The van der Waals surface area contributed by atoms with Crippen LogP contribution in [-0.4, -0.2) is 76.1 Å². The van der Waals surface area contributed by atoms with Gasteiger partial charge in [-0.05, 0) is 0 Å². The second-order valence-electron chi connectivity index (χ2n) is 2.55. The minimum absolute atomic E-state index is 0. The van der Waals surface area contributed by atoms with Crippen molar-refractivity contribution in [2.45, 2.75) is 26.3 Å². The quantitative estimate of drug-likeness (QED) is 0.158. The van der Waals surface area contributed by atoms with Crippen molar-refractivity contribution >= 4 is 65.8 Å². The monoisotopic (exact) mass is 147 g/mol. The molecule has 0 aromatic rings. The smallest absolute Gasteiger partial charge is 0.164 e. The molecule has 0 atom stereocenters. The Morgan fingerprint density at radius 3 is 1.33 bits per heavy atom. The van der Waals surface area contributed by atoms with Gasteiger partial charge in [0, 0.05) is 79.9 Å². The summed E-state index contributed by atoms with van der Waals surface area (Å²) in [5.74, 6) is 0. The van der Waals surface area contributed by atoms with E-state index in [9.17, 15) is 5.21 Å². The van der Waals surface area contributed by atoms with Crippen molar-refractivity contribution in [2.24, 2.45) is 0 Å². The van der Waals surface area contributed by atoms with E-state index in [0.717, 1.165) is 0 Å². The summed E-state index contributed by atoms with van der Waals surface area (Å²) >= 11 is 0. The average molecular weight is 147 g/mol. The molecular weight excluding hydrogens is 136 g/mol. The molecule has 0 spiro atoms. The summed E-state index contributed by atoms with van der Waals surface area (Å²) in [6.45, 7) is 8.62. The molecular formula is C5H11NNa2O. The number of nitrogens with zero attached hydrogens (tertiary/aromatic N) is 1. The summed E-state index contributed by atoms with van der Waals surface area (Å²) < 4.78 is 0.688. The van der Waals surface area contributed by atoms with Crippen LogP contribution in [0, 0.1) is 5.21 Å². The number of hydrogen-bond acceptors (Lipinski definition) is 1. The van der Waals surface area contributed by atoms with Crippen LogP contribution >= 0.6 is 0 Å². The Balaban J connectivity index is -0.000000180. The van der Waals surface area contributed by atoms with Crippen LogP contribution in [0.1, 0.15) is 20.8 Å². The van der Waals surface area contributed by atoms with Crippen LogP contribution in [0.25, 0.3) is 0 Å². The SMILES string of the molecule is C=[N+]([O-])C(C)(C)C.[Na].[Na]. The fourth-order valence-electron chi connectivity index (χ4n) is 0. The van der Waals surface area contributed by atoms with Crippen molar-refractivity contribution in [3.63, 3.8) is 0 Å². The van der Waals surface area contributed by atoms with Crippen molar-refractivity contribution in [3.8, 4) is 0 Å². The van der Waals surface area contributed by atoms with Gasteiger partial charge in [-0.2, -0.15) is 0 Å². The normalized spacial score (nSPS) is 8.78. The Morgan fingerprint density at radius 1 is 1.22 bits per heavy atom. The molecule has 2 nitrogen and oxygen atoms in total.